The number of aromatic nitrogens is 1. The molecule has 5 amide bonds. The van der Waals surface area contributed by atoms with Crippen molar-refractivity contribution in [3.05, 3.63) is 93.2 Å². The molecular weight excluding hydrogens is 598 g/mol. The van der Waals surface area contributed by atoms with E-state index in [1.54, 1.807) is 25.1 Å². The maximum atomic E-state index is 13.4. The van der Waals surface area contributed by atoms with Gasteiger partial charge in [0.1, 0.15) is 17.8 Å². The third-order valence-corrected chi connectivity index (χ3v) is 8.05. The number of nitrogens with zero attached hydrogens (tertiary/aromatic N) is 2. The Labute approximate surface area is 264 Å². The number of benzene rings is 2. The van der Waals surface area contributed by atoms with E-state index in [2.05, 4.69) is 21.1 Å². The van der Waals surface area contributed by atoms with Crippen molar-refractivity contribution in [2.75, 3.05) is 7.05 Å². The lowest BCUT2D eigenvalue weighted by Gasteiger charge is -2.24. The molecule has 0 spiro atoms. The highest BCUT2D eigenvalue weighted by molar-refractivity contribution is 8.18. The first-order valence-electron chi connectivity index (χ1n) is 14.3. The number of likely N-dealkylation sites (N-methyl/N-ethyl adjacent to an activating group) is 1. The van der Waals surface area contributed by atoms with Gasteiger partial charge < -0.3 is 25.6 Å². The molecule has 4 rings (SSSR count). The summed E-state index contributed by atoms with van der Waals surface area (Å²) in [5, 5.41) is 21.6. The van der Waals surface area contributed by atoms with Crippen LogP contribution >= 0.6 is 11.8 Å². The number of imide groups is 1. The highest BCUT2D eigenvalue weighted by Crippen LogP contribution is 2.31. The molecule has 45 heavy (non-hydrogen) atoms. The van der Waals surface area contributed by atoms with Crippen LogP contribution in [0, 0.1) is 13.8 Å². The van der Waals surface area contributed by atoms with E-state index in [9.17, 15) is 29.1 Å². The van der Waals surface area contributed by atoms with E-state index in [4.69, 9.17) is 4.52 Å². The lowest BCUT2D eigenvalue weighted by Crippen LogP contribution is -2.57. The van der Waals surface area contributed by atoms with Gasteiger partial charge in [-0.1, -0.05) is 59.3 Å². The zero-order valence-electron chi connectivity index (χ0n) is 25.3. The number of rotatable bonds is 12. The van der Waals surface area contributed by atoms with Crippen LogP contribution in [-0.4, -0.2) is 69.3 Å². The van der Waals surface area contributed by atoms with Gasteiger partial charge in [-0.05, 0) is 68.1 Å². The summed E-state index contributed by atoms with van der Waals surface area (Å²) in [6.07, 6.45) is 0.898. The van der Waals surface area contributed by atoms with Crippen LogP contribution in [0.2, 0.25) is 0 Å². The van der Waals surface area contributed by atoms with Crippen molar-refractivity contribution < 1.29 is 33.6 Å². The standard InChI is InChI=1S/C32H35N5O7S/c1-18-8-10-22(11-9-18)17-33-28(39)24(34-30(41)27(20(3)38)35-29(40)25-14-19(2)44-36-25)13-12-21-6-5-7-23(15-21)16-26-31(42)37(4)32(43)45-26/h5-11,14-16,20,24,27,38H,12-13,17H2,1-4H3,(H,33,39)(H,34,41)(H,35,40)/t20-,24?,27+/m1/s1. The van der Waals surface area contributed by atoms with Crippen LogP contribution in [0.3, 0.4) is 0 Å². The smallest absolute Gasteiger partial charge is 0.293 e. The third-order valence-electron chi connectivity index (χ3n) is 7.09. The minimum absolute atomic E-state index is 0.0538. The van der Waals surface area contributed by atoms with Gasteiger partial charge in [0.05, 0.1) is 11.0 Å². The van der Waals surface area contributed by atoms with Gasteiger partial charge in [0, 0.05) is 19.7 Å². The maximum absolute atomic E-state index is 13.4. The van der Waals surface area contributed by atoms with Crippen molar-refractivity contribution in [3.8, 4) is 0 Å². The first-order valence-corrected chi connectivity index (χ1v) is 15.1. The largest absolute Gasteiger partial charge is 0.391 e. The molecule has 0 aliphatic carbocycles. The van der Waals surface area contributed by atoms with Crippen LogP contribution < -0.4 is 16.0 Å². The van der Waals surface area contributed by atoms with Crippen molar-refractivity contribution in [3.63, 3.8) is 0 Å². The summed E-state index contributed by atoms with van der Waals surface area (Å²) in [6, 6.07) is 13.9. The molecule has 1 aliphatic heterocycles. The Morgan fingerprint density at radius 2 is 1.76 bits per heavy atom. The molecule has 236 valence electrons. The molecular formula is C32H35N5O7S. The number of aliphatic hydroxyl groups excluding tert-OH is 1. The maximum Gasteiger partial charge on any atom is 0.293 e. The van der Waals surface area contributed by atoms with Gasteiger partial charge in [0.25, 0.3) is 17.1 Å². The number of hydrogen-bond acceptors (Lipinski definition) is 9. The van der Waals surface area contributed by atoms with Crippen molar-refractivity contribution in [2.24, 2.45) is 0 Å². The molecule has 3 aromatic rings. The monoisotopic (exact) mass is 633 g/mol. The number of aryl methyl sites for hydroxylation is 3. The summed E-state index contributed by atoms with van der Waals surface area (Å²) in [6.45, 7) is 5.16. The van der Waals surface area contributed by atoms with E-state index in [0.29, 0.717) is 22.6 Å². The Balaban J connectivity index is 1.49. The molecule has 1 saturated heterocycles. The molecule has 13 heteroatoms. The summed E-state index contributed by atoms with van der Waals surface area (Å²) >= 11 is 0.863. The molecule has 0 bridgehead atoms. The second-order valence-corrected chi connectivity index (χ2v) is 11.8. The molecule has 12 nitrogen and oxygen atoms in total. The van der Waals surface area contributed by atoms with E-state index in [1.807, 2.05) is 43.3 Å². The van der Waals surface area contributed by atoms with Gasteiger partial charge in [0.15, 0.2) is 5.69 Å². The number of thioether (sulfide) groups is 1. The number of carbonyl (C=O) groups excluding carboxylic acids is 5. The number of amides is 5. The van der Waals surface area contributed by atoms with Gasteiger partial charge in [-0.25, -0.2) is 0 Å². The van der Waals surface area contributed by atoms with E-state index < -0.39 is 35.9 Å². The predicted molar refractivity (Wildman–Crippen MR) is 168 cm³/mol. The molecule has 1 unspecified atom stereocenters. The third kappa shape index (κ3) is 8.89. The van der Waals surface area contributed by atoms with Crippen LogP contribution in [0.25, 0.3) is 6.08 Å². The average Bonchev–Trinajstić information content (AvgIpc) is 3.55. The number of aliphatic hydroxyl groups is 1. The van der Waals surface area contributed by atoms with Crippen LogP contribution in [0.4, 0.5) is 4.79 Å². The molecule has 1 aliphatic rings. The van der Waals surface area contributed by atoms with Gasteiger partial charge in [-0.2, -0.15) is 0 Å². The van der Waals surface area contributed by atoms with Crippen molar-refractivity contribution in [1.29, 1.82) is 0 Å². The van der Waals surface area contributed by atoms with E-state index in [0.717, 1.165) is 33.4 Å². The number of hydrogen-bond donors (Lipinski definition) is 4. The quantitative estimate of drug-likeness (QED) is 0.219. The summed E-state index contributed by atoms with van der Waals surface area (Å²) < 4.78 is 4.92. The number of carbonyl (C=O) groups is 5. The minimum Gasteiger partial charge on any atom is -0.391 e. The Hall–Kier alpha value is -4.75. The van der Waals surface area contributed by atoms with Gasteiger partial charge >= 0.3 is 0 Å². The minimum atomic E-state index is -1.38. The molecule has 2 aromatic carbocycles. The van der Waals surface area contributed by atoms with E-state index >= 15 is 0 Å². The van der Waals surface area contributed by atoms with Crippen LogP contribution in [0.5, 0.6) is 0 Å². The molecule has 1 aromatic heterocycles. The number of nitrogens with one attached hydrogen (secondary N) is 3. The molecule has 3 atom stereocenters. The van der Waals surface area contributed by atoms with Gasteiger partial charge in [0.2, 0.25) is 11.8 Å². The fourth-order valence-electron chi connectivity index (χ4n) is 4.49. The van der Waals surface area contributed by atoms with E-state index in [1.165, 1.54) is 20.0 Å². The Morgan fingerprint density at radius 3 is 2.38 bits per heavy atom. The van der Waals surface area contributed by atoms with Crippen molar-refractivity contribution in [2.45, 2.75) is 58.3 Å². The zero-order chi connectivity index (χ0) is 32.7. The molecule has 1 fully saturated rings. The summed E-state index contributed by atoms with van der Waals surface area (Å²) in [5.74, 6) is -1.89. The Bertz CT molecular complexity index is 1620. The lowest BCUT2D eigenvalue weighted by atomic mass is 10.0. The SMILES string of the molecule is Cc1ccc(CNC(=O)C(CCc2cccc(C=C3SC(=O)N(C)C3=O)c2)NC(=O)[C@@H](NC(=O)c2cc(C)on2)[C@@H](C)O)cc1. The fourth-order valence-corrected chi connectivity index (χ4v) is 5.32. The van der Waals surface area contributed by atoms with Crippen LogP contribution in [0.1, 0.15) is 51.8 Å². The summed E-state index contributed by atoms with van der Waals surface area (Å²) in [7, 11) is 1.43. The van der Waals surface area contributed by atoms with Gasteiger partial charge in [-0.3, -0.25) is 28.9 Å². The molecule has 2 heterocycles. The van der Waals surface area contributed by atoms with E-state index in [-0.39, 0.29) is 29.8 Å². The Morgan fingerprint density at radius 1 is 1.02 bits per heavy atom. The molecule has 0 radical (unpaired) electrons. The zero-order valence-corrected chi connectivity index (χ0v) is 26.1. The highest BCUT2D eigenvalue weighted by Gasteiger charge is 2.32. The van der Waals surface area contributed by atoms with Crippen molar-refractivity contribution >= 4 is 46.7 Å². The first-order chi connectivity index (χ1) is 21.4. The average molecular weight is 634 g/mol. The first kappa shape index (κ1) is 33.1. The highest BCUT2D eigenvalue weighted by atomic mass is 32.2. The molecule has 0 saturated carbocycles. The van der Waals surface area contributed by atoms with Crippen molar-refractivity contribution in [1.82, 2.24) is 26.0 Å². The summed E-state index contributed by atoms with van der Waals surface area (Å²) in [4.78, 5) is 64.9. The Kier molecular flexibility index (Phi) is 10.9. The van der Waals surface area contributed by atoms with Crippen LogP contribution in [0.15, 0.2) is 64.0 Å². The topological polar surface area (TPSA) is 171 Å². The lowest BCUT2D eigenvalue weighted by molar-refractivity contribution is -0.131. The van der Waals surface area contributed by atoms with Gasteiger partial charge in [-0.15, -0.1) is 0 Å². The summed E-state index contributed by atoms with van der Waals surface area (Å²) in [5.41, 5.74) is 3.43. The second kappa shape index (κ2) is 14.8. The molecule has 4 N–H and O–H groups in total. The fraction of sp³-hybridized carbons (Fsp3) is 0.312. The predicted octanol–water partition coefficient (Wildman–Crippen LogP) is 2.87. The van der Waals surface area contributed by atoms with Crippen LogP contribution in [-0.2, 0) is 27.3 Å². The normalized spacial score (nSPS) is 15.9. The second-order valence-electron chi connectivity index (χ2n) is 10.8.